The van der Waals surface area contributed by atoms with Crippen LogP contribution in [0.3, 0.4) is 0 Å². The number of carbonyl (C=O) groups is 1. The van der Waals surface area contributed by atoms with Gasteiger partial charge in [-0.05, 0) is 29.3 Å². The zero-order valence-corrected chi connectivity index (χ0v) is 13.5. The summed E-state index contributed by atoms with van der Waals surface area (Å²) in [6, 6.07) is 23.8. The predicted octanol–water partition coefficient (Wildman–Crippen LogP) is 3.91. The first kappa shape index (κ1) is 16.1. The van der Waals surface area contributed by atoms with Crippen molar-refractivity contribution in [1.82, 2.24) is 0 Å². The maximum absolute atomic E-state index is 11.4. The summed E-state index contributed by atoms with van der Waals surface area (Å²) in [7, 11) is 0. The fraction of sp³-hybridized carbons (Fsp3) is 0.0500. The lowest BCUT2D eigenvalue weighted by Gasteiger charge is -2.23. The fourth-order valence-corrected chi connectivity index (χ4v) is 2.73. The van der Waals surface area contributed by atoms with Gasteiger partial charge in [-0.1, -0.05) is 72.3 Å². The Morgan fingerprint density at radius 2 is 1.42 bits per heavy atom. The number of para-hydroxylation sites is 1. The van der Waals surface area contributed by atoms with Crippen LogP contribution in [0.5, 0.6) is 0 Å². The summed E-state index contributed by atoms with van der Waals surface area (Å²) in [4.78, 5) is 11.4. The van der Waals surface area contributed by atoms with Gasteiger partial charge < -0.3 is 15.2 Å². The van der Waals surface area contributed by atoms with E-state index in [0.29, 0.717) is 10.7 Å². The summed E-state index contributed by atoms with van der Waals surface area (Å²) in [5.74, 6) is -1.21. The SMILES string of the molecule is O=C([O-])c1ccccc1N[C@H](c1ccccc1)c1ccc(Cl)cc1. The first-order valence-corrected chi connectivity index (χ1v) is 7.90. The van der Waals surface area contributed by atoms with E-state index >= 15 is 0 Å². The quantitative estimate of drug-likeness (QED) is 0.768. The van der Waals surface area contributed by atoms with Gasteiger partial charge in [0.25, 0.3) is 0 Å². The van der Waals surface area contributed by atoms with Gasteiger partial charge in [-0.2, -0.15) is 0 Å². The predicted molar refractivity (Wildman–Crippen MR) is 94.1 cm³/mol. The molecule has 1 atom stereocenters. The molecule has 0 bridgehead atoms. The highest BCUT2D eigenvalue weighted by Crippen LogP contribution is 2.29. The van der Waals surface area contributed by atoms with E-state index in [9.17, 15) is 9.90 Å². The van der Waals surface area contributed by atoms with Crippen molar-refractivity contribution >= 4 is 23.3 Å². The van der Waals surface area contributed by atoms with Crippen molar-refractivity contribution in [3.8, 4) is 0 Å². The lowest BCUT2D eigenvalue weighted by Crippen LogP contribution is -2.24. The van der Waals surface area contributed by atoms with Gasteiger partial charge in [-0.25, -0.2) is 0 Å². The number of rotatable bonds is 5. The standard InChI is InChI=1S/C20H16ClNO2/c21-16-12-10-15(11-13-16)19(14-6-2-1-3-7-14)22-18-9-5-4-8-17(18)20(23)24/h1-13,19,22H,(H,23,24)/p-1/t19-/m1/s1. The van der Waals surface area contributed by atoms with Crippen LogP contribution in [0.4, 0.5) is 5.69 Å². The molecule has 4 heteroatoms. The molecule has 0 radical (unpaired) electrons. The number of hydrogen-bond acceptors (Lipinski definition) is 3. The molecule has 0 aliphatic carbocycles. The molecular formula is C20H15ClNO2-. The molecule has 3 aromatic carbocycles. The lowest BCUT2D eigenvalue weighted by molar-refractivity contribution is -0.254. The van der Waals surface area contributed by atoms with Gasteiger partial charge in [0, 0.05) is 16.3 Å². The van der Waals surface area contributed by atoms with Crippen LogP contribution in [0.1, 0.15) is 27.5 Å². The molecule has 1 N–H and O–H groups in total. The third kappa shape index (κ3) is 3.58. The van der Waals surface area contributed by atoms with E-state index in [4.69, 9.17) is 11.6 Å². The van der Waals surface area contributed by atoms with Crippen LogP contribution in [-0.4, -0.2) is 5.97 Å². The van der Waals surface area contributed by atoms with Crippen molar-refractivity contribution in [1.29, 1.82) is 0 Å². The van der Waals surface area contributed by atoms with E-state index < -0.39 is 5.97 Å². The maximum Gasteiger partial charge on any atom is 0.0767 e. The van der Waals surface area contributed by atoms with E-state index in [0.717, 1.165) is 11.1 Å². The second-order valence-corrected chi connectivity index (χ2v) is 5.81. The lowest BCUT2D eigenvalue weighted by atomic mass is 9.98. The van der Waals surface area contributed by atoms with E-state index in [1.807, 2.05) is 54.6 Å². The molecule has 0 aliphatic rings. The Labute approximate surface area is 145 Å². The Morgan fingerprint density at radius 1 is 0.833 bits per heavy atom. The Balaban J connectivity index is 2.03. The number of anilines is 1. The molecule has 0 unspecified atom stereocenters. The van der Waals surface area contributed by atoms with Crippen LogP contribution in [0.15, 0.2) is 78.9 Å². The van der Waals surface area contributed by atoms with Crippen LogP contribution in [0, 0.1) is 0 Å². The van der Waals surface area contributed by atoms with Crippen LogP contribution in [0.2, 0.25) is 5.02 Å². The van der Waals surface area contributed by atoms with Gasteiger partial charge in [0.05, 0.1) is 12.0 Å². The highest BCUT2D eigenvalue weighted by molar-refractivity contribution is 6.30. The summed E-state index contributed by atoms with van der Waals surface area (Å²) in [5.41, 5.74) is 2.65. The molecule has 0 saturated heterocycles. The second kappa shape index (κ2) is 7.20. The first-order chi connectivity index (χ1) is 11.6. The van der Waals surface area contributed by atoms with Crippen LogP contribution in [-0.2, 0) is 0 Å². The van der Waals surface area contributed by atoms with Crippen molar-refractivity contribution < 1.29 is 9.90 Å². The van der Waals surface area contributed by atoms with Gasteiger partial charge in [0.15, 0.2) is 0 Å². The smallest absolute Gasteiger partial charge is 0.0767 e. The average molecular weight is 337 g/mol. The molecule has 24 heavy (non-hydrogen) atoms. The van der Waals surface area contributed by atoms with Crippen LogP contribution < -0.4 is 10.4 Å². The summed E-state index contributed by atoms with van der Waals surface area (Å²) in [6.45, 7) is 0. The maximum atomic E-state index is 11.4. The van der Waals surface area contributed by atoms with Gasteiger partial charge in [-0.15, -0.1) is 0 Å². The largest absolute Gasteiger partial charge is 0.545 e. The number of halogens is 1. The topological polar surface area (TPSA) is 52.2 Å². The third-order valence-corrected chi connectivity index (χ3v) is 4.04. The molecule has 0 aliphatic heterocycles. The van der Waals surface area contributed by atoms with Gasteiger partial charge in [0.2, 0.25) is 0 Å². The number of carboxylic acid groups (broad SMARTS) is 1. The number of carbonyl (C=O) groups excluding carboxylic acids is 1. The normalized spacial score (nSPS) is 11.7. The number of hydrogen-bond donors (Lipinski definition) is 1. The van der Waals surface area contributed by atoms with E-state index in [1.165, 1.54) is 6.07 Å². The zero-order valence-electron chi connectivity index (χ0n) is 12.8. The van der Waals surface area contributed by atoms with Gasteiger partial charge in [0.1, 0.15) is 0 Å². The molecule has 0 heterocycles. The van der Waals surface area contributed by atoms with E-state index in [2.05, 4.69) is 5.32 Å². The minimum absolute atomic E-state index is 0.132. The molecule has 3 rings (SSSR count). The molecule has 0 aromatic heterocycles. The highest BCUT2D eigenvalue weighted by atomic mass is 35.5. The summed E-state index contributed by atoms with van der Waals surface area (Å²) in [6.07, 6.45) is 0. The van der Waals surface area contributed by atoms with Crippen molar-refractivity contribution in [3.63, 3.8) is 0 Å². The van der Waals surface area contributed by atoms with Gasteiger partial charge in [-0.3, -0.25) is 0 Å². The van der Waals surface area contributed by atoms with Crippen LogP contribution >= 0.6 is 11.6 Å². The molecule has 120 valence electrons. The number of carboxylic acids is 1. The molecule has 0 amide bonds. The van der Waals surface area contributed by atoms with Crippen molar-refractivity contribution in [2.45, 2.75) is 6.04 Å². The van der Waals surface area contributed by atoms with Crippen LogP contribution in [0.25, 0.3) is 0 Å². The molecule has 0 spiro atoms. The monoisotopic (exact) mass is 336 g/mol. The Kier molecular flexibility index (Phi) is 4.82. The average Bonchev–Trinajstić information content (AvgIpc) is 2.61. The van der Waals surface area contributed by atoms with Crippen molar-refractivity contribution in [2.24, 2.45) is 0 Å². The minimum Gasteiger partial charge on any atom is -0.545 e. The highest BCUT2D eigenvalue weighted by Gasteiger charge is 2.15. The minimum atomic E-state index is -1.21. The van der Waals surface area contributed by atoms with Crippen molar-refractivity contribution in [3.05, 3.63) is 101 Å². The second-order valence-electron chi connectivity index (χ2n) is 5.37. The zero-order chi connectivity index (χ0) is 16.9. The first-order valence-electron chi connectivity index (χ1n) is 7.52. The Morgan fingerprint density at radius 3 is 2.08 bits per heavy atom. The van der Waals surface area contributed by atoms with Gasteiger partial charge >= 0.3 is 0 Å². The Bertz CT molecular complexity index is 832. The third-order valence-electron chi connectivity index (χ3n) is 3.78. The summed E-state index contributed by atoms with van der Waals surface area (Å²) < 4.78 is 0. The number of nitrogens with one attached hydrogen (secondary N) is 1. The fourth-order valence-electron chi connectivity index (χ4n) is 2.60. The molecule has 3 nitrogen and oxygen atoms in total. The Hall–Kier alpha value is -2.78. The summed E-state index contributed by atoms with van der Waals surface area (Å²) in [5, 5.41) is 15.3. The van der Waals surface area contributed by atoms with E-state index in [1.54, 1.807) is 18.2 Å². The molecule has 0 saturated carbocycles. The number of aromatic carboxylic acids is 1. The molecule has 3 aromatic rings. The molecule has 0 fully saturated rings. The van der Waals surface area contributed by atoms with Crippen molar-refractivity contribution in [2.75, 3.05) is 5.32 Å². The number of benzene rings is 3. The van der Waals surface area contributed by atoms with E-state index in [-0.39, 0.29) is 11.6 Å². The molecular weight excluding hydrogens is 322 g/mol. The summed E-state index contributed by atoms with van der Waals surface area (Å²) >= 11 is 5.98.